The lowest BCUT2D eigenvalue weighted by Gasteiger charge is -2.36. The first-order chi connectivity index (χ1) is 16.9. The van der Waals surface area contributed by atoms with E-state index in [4.69, 9.17) is 25.8 Å². The number of aryl methyl sites for hydroxylation is 1. The molecule has 0 fully saturated rings. The Kier molecular flexibility index (Phi) is 9.09. The summed E-state index contributed by atoms with van der Waals surface area (Å²) < 4.78 is 17.8. The lowest BCUT2D eigenvalue weighted by Crippen LogP contribution is -2.36. The molecule has 7 heteroatoms. The van der Waals surface area contributed by atoms with Crippen molar-refractivity contribution in [2.75, 3.05) is 31.0 Å². The molecule has 0 saturated heterocycles. The second kappa shape index (κ2) is 12.2. The fraction of sp³-hybridized carbons (Fsp3) is 0.179. The Labute approximate surface area is 211 Å². The van der Waals surface area contributed by atoms with Gasteiger partial charge in [-0.05, 0) is 55.5 Å². The summed E-state index contributed by atoms with van der Waals surface area (Å²) in [6.45, 7) is 9.92. The van der Waals surface area contributed by atoms with Crippen molar-refractivity contribution in [2.45, 2.75) is 12.7 Å². The standard InChI is InChI=1S/C28H29ClN2O4/c1-5-17-34-28(35-18-6-2,21-8-10-22(29)11-9-21)25-19-20(3)7-16-26(25)31-27(32)30-23-12-14-24(33-4)15-13-23/h5-16,19H,1-2,17-18H2,3-4H3,(H2,30,31,32). The van der Waals surface area contributed by atoms with Gasteiger partial charge in [-0.25, -0.2) is 4.79 Å². The molecule has 2 N–H and O–H groups in total. The van der Waals surface area contributed by atoms with Gasteiger partial charge in [0.2, 0.25) is 5.79 Å². The zero-order valence-corrected chi connectivity index (χ0v) is 20.6. The van der Waals surface area contributed by atoms with Gasteiger partial charge in [-0.3, -0.25) is 0 Å². The molecule has 0 spiro atoms. The van der Waals surface area contributed by atoms with Crippen molar-refractivity contribution in [2.24, 2.45) is 0 Å². The topological polar surface area (TPSA) is 68.8 Å². The van der Waals surface area contributed by atoms with Crippen LogP contribution in [-0.4, -0.2) is 26.4 Å². The van der Waals surface area contributed by atoms with Gasteiger partial charge in [0.05, 0.1) is 26.0 Å². The molecular formula is C28H29ClN2O4. The van der Waals surface area contributed by atoms with Crippen molar-refractivity contribution >= 4 is 29.0 Å². The Bertz CT molecular complexity index is 1150. The third-order valence-corrected chi connectivity index (χ3v) is 5.41. The number of methoxy groups -OCH3 is 1. The van der Waals surface area contributed by atoms with E-state index in [1.54, 1.807) is 55.7 Å². The first-order valence-electron chi connectivity index (χ1n) is 11.0. The molecule has 0 aliphatic carbocycles. The molecule has 182 valence electrons. The zero-order chi connectivity index (χ0) is 25.3. The summed E-state index contributed by atoms with van der Waals surface area (Å²) in [5.41, 5.74) is 3.42. The molecule has 0 aliphatic rings. The summed E-state index contributed by atoms with van der Waals surface area (Å²) in [6, 6.07) is 19.5. The summed E-state index contributed by atoms with van der Waals surface area (Å²) in [5, 5.41) is 6.35. The van der Waals surface area contributed by atoms with Crippen LogP contribution in [0, 0.1) is 6.92 Å². The number of hydrogen-bond donors (Lipinski definition) is 2. The highest BCUT2D eigenvalue weighted by molar-refractivity contribution is 6.30. The van der Waals surface area contributed by atoms with E-state index in [-0.39, 0.29) is 13.2 Å². The second-order valence-electron chi connectivity index (χ2n) is 7.68. The van der Waals surface area contributed by atoms with Gasteiger partial charge in [-0.2, -0.15) is 0 Å². The Balaban J connectivity index is 2.04. The summed E-state index contributed by atoms with van der Waals surface area (Å²) in [5.74, 6) is -0.662. The largest absolute Gasteiger partial charge is 0.497 e. The number of amides is 2. The lowest BCUT2D eigenvalue weighted by atomic mass is 9.93. The van der Waals surface area contributed by atoms with E-state index in [1.807, 2.05) is 37.3 Å². The highest BCUT2D eigenvalue weighted by Crippen LogP contribution is 2.40. The fourth-order valence-electron chi connectivity index (χ4n) is 3.54. The molecule has 2 amide bonds. The lowest BCUT2D eigenvalue weighted by molar-refractivity contribution is -0.204. The third kappa shape index (κ3) is 6.51. The van der Waals surface area contributed by atoms with Gasteiger partial charge in [-0.15, -0.1) is 13.2 Å². The van der Waals surface area contributed by atoms with Gasteiger partial charge in [0, 0.05) is 21.8 Å². The summed E-state index contributed by atoms with van der Waals surface area (Å²) in [6.07, 6.45) is 3.28. The molecule has 3 aromatic carbocycles. The number of carbonyl (C=O) groups excluding carboxylic acids is 1. The molecule has 0 saturated carbocycles. The third-order valence-electron chi connectivity index (χ3n) is 5.16. The van der Waals surface area contributed by atoms with Crippen LogP contribution in [0.15, 0.2) is 92.0 Å². The van der Waals surface area contributed by atoms with Crippen LogP contribution in [0.3, 0.4) is 0 Å². The van der Waals surface area contributed by atoms with Gasteiger partial charge >= 0.3 is 6.03 Å². The number of benzene rings is 3. The molecule has 0 bridgehead atoms. The van der Waals surface area contributed by atoms with Crippen LogP contribution in [-0.2, 0) is 15.3 Å². The first kappa shape index (κ1) is 26.0. The van der Waals surface area contributed by atoms with Gasteiger partial charge in [0.15, 0.2) is 0 Å². The Morgan fingerprint density at radius 2 is 1.57 bits per heavy atom. The molecule has 0 heterocycles. The smallest absolute Gasteiger partial charge is 0.323 e. The van der Waals surface area contributed by atoms with Gasteiger partial charge in [-0.1, -0.05) is 47.5 Å². The molecule has 6 nitrogen and oxygen atoms in total. The number of nitrogens with one attached hydrogen (secondary N) is 2. The van der Waals surface area contributed by atoms with Gasteiger partial charge in [0.1, 0.15) is 5.75 Å². The second-order valence-corrected chi connectivity index (χ2v) is 8.12. The molecular weight excluding hydrogens is 464 g/mol. The van der Waals surface area contributed by atoms with E-state index in [9.17, 15) is 4.79 Å². The predicted octanol–water partition coefficient (Wildman–Crippen LogP) is 6.91. The van der Waals surface area contributed by atoms with Crippen LogP contribution in [0.5, 0.6) is 5.75 Å². The van der Waals surface area contributed by atoms with Crippen molar-refractivity contribution in [3.8, 4) is 5.75 Å². The van der Waals surface area contributed by atoms with Crippen LogP contribution in [0.2, 0.25) is 5.02 Å². The number of anilines is 2. The molecule has 3 aromatic rings. The van der Waals surface area contributed by atoms with Crippen LogP contribution in [0.1, 0.15) is 16.7 Å². The zero-order valence-electron chi connectivity index (χ0n) is 19.8. The highest BCUT2D eigenvalue weighted by Gasteiger charge is 2.39. The minimum atomic E-state index is -1.36. The number of carbonyl (C=O) groups is 1. The number of ether oxygens (including phenoxy) is 3. The van der Waals surface area contributed by atoms with Crippen molar-refractivity contribution in [1.82, 2.24) is 0 Å². The average molecular weight is 493 g/mol. The quantitative estimate of drug-likeness (QED) is 0.225. The summed E-state index contributed by atoms with van der Waals surface area (Å²) >= 11 is 6.15. The molecule has 0 aliphatic heterocycles. The van der Waals surface area contributed by atoms with Crippen molar-refractivity contribution in [3.63, 3.8) is 0 Å². The molecule has 0 radical (unpaired) electrons. The molecule has 0 aromatic heterocycles. The van der Waals surface area contributed by atoms with Crippen LogP contribution in [0.4, 0.5) is 16.2 Å². The number of hydrogen-bond acceptors (Lipinski definition) is 4. The molecule has 35 heavy (non-hydrogen) atoms. The Morgan fingerprint density at radius 3 is 2.14 bits per heavy atom. The van der Waals surface area contributed by atoms with E-state index in [2.05, 4.69) is 23.8 Å². The van der Waals surface area contributed by atoms with Gasteiger partial charge in [0.25, 0.3) is 0 Å². The average Bonchev–Trinajstić information content (AvgIpc) is 2.86. The normalized spacial score (nSPS) is 10.9. The molecule has 3 rings (SSSR count). The fourth-order valence-corrected chi connectivity index (χ4v) is 3.67. The van der Waals surface area contributed by atoms with Crippen molar-refractivity contribution in [1.29, 1.82) is 0 Å². The molecule has 0 atom stereocenters. The van der Waals surface area contributed by atoms with E-state index in [0.717, 1.165) is 5.56 Å². The van der Waals surface area contributed by atoms with Crippen molar-refractivity contribution in [3.05, 3.63) is 114 Å². The minimum absolute atomic E-state index is 0.200. The van der Waals surface area contributed by atoms with Crippen LogP contribution in [0.25, 0.3) is 0 Å². The van der Waals surface area contributed by atoms with E-state index < -0.39 is 11.8 Å². The van der Waals surface area contributed by atoms with E-state index in [1.165, 1.54) is 0 Å². The number of halogens is 1. The maximum Gasteiger partial charge on any atom is 0.323 e. The summed E-state index contributed by atoms with van der Waals surface area (Å²) in [7, 11) is 1.59. The van der Waals surface area contributed by atoms with E-state index in [0.29, 0.717) is 33.3 Å². The van der Waals surface area contributed by atoms with E-state index >= 15 is 0 Å². The minimum Gasteiger partial charge on any atom is -0.497 e. The SMILES string of the molecule is C=CCOC(OCC=C)(c1ccc(Cl)cc1)c1cc(C)ccc1NC(=O)Nc1ccc(OC)cc1. The highest BCUT2D eigenvalue weighted by atomic mass is 35.5. The monoisotopic (exact) mass is 492 g/mol. The first-order valence-corrected chi connectivity index (χ1v) is 11.4. The number of rotatable bonds is 11. The van der Waals surface area contributed by atoms with Crippen LogP contribution < -0.4 is 15.4 Å². The van der Waals surface area contributed by atoms with Crippen molar-refractivity contribution < 1.29 is 19.0 Å². The summed E-state index contributed by atoms with van der Waals surface area (Å²) in [4.78, 5) is 12.9. The Hall–Kier alpha value is -3.58. The molecule has 0 unspecified atom stereocenters. The number of urea groups is 1. The predicted molar refractivity (Wildman–Crippen MR) is 141 cm³/mol. The maximum absolute atomic E-state index is 12.9. The maximum atomic E-state index is 12.9. The van der Waals surface area contributed by atoms with Crippen LogP contribution >= 0.6 is 11.6 Å². The Morgan fingerprint density at radius 1 is 0.943 bits per heavy atom. The van der Waals surface area contributed by atoms with Gasteiger partial charge < -0.3 is 24.8 Å².